The van der Waals surface area contributed by atoms with E-state index >= 15 is 0 Å². The molecule has 2 aliphatic rings. The largest absolute Gasteiger partial charge is 0.489 e. The molecular weight excluding hydrogens is 480 g/mol. The lowest BCUT2D eigenvalue weighted by Gasteiger charge is -2.34. The quantitative estimate of drug-likeness (QED) is 0.322. The first-order valence-corrected chi connectivity index (χ1v) is 12.9. The Labute approximate surface area is 219 Å². The van der Waals surface area contributed by atoms with Crippen molar-refractivity contribution in [3.63, 3.8) is 0 Å². The molecule has 3 atom stereocenters. The number of piperidine rings is 1. The Balaban J connectivity index is 0.000000294. The number of rotatable bonds is 4. The standard InChI is InChI=1S/C16H22N2O5.C11H20O3/c1-16(2,3)23-15(19)17-10-4-5-14(11-17)22-13-8-6-12(7-9-13)18(20)21;1-11(2,3)14-10(13)8-5-4-6-9(12)7-8/h6-9,14H,4-5,10-11H2,1-3H3;8-9,12H,4-7H2,1-3H3. The number of likely N-dealkylation sites (tertiary alicyclic amines) is 1. The van der Waals surface area contributed by atoms with Gasteiger partial charge in [-0.05, 0) is 85.8 Å². The zero-order valence-corrected chi connectivity index (χ0v) is 22.9. The number of aliphatic hydroxyl groups excluding tert-OH is 1. The van der Waals surface area contributed by atoms with Crippen molar-refractivity contribution in [3.05, 3.63) is 34.4 Å². The number of ether oxygens (including phenoxy) is 3. The highest BCUT2D eigenvalue weighted by molar-refractivity contribution is 5.73. The fraction of sp³-hybridized carbons (Fsp3) is 0.704. The van der Waals surface area contributed by atoms with Crippen LogP contribution in [0.2, 0.25) is 0 Å². The van der Waals surface area contributed by atoms with Crippen molar-refractivity contribution in [2.24, 2.45) is 5.92 Å². The maximum atomic E-state index is 12.1. The lowest BCUT2D eigenvalue weighted by atomic mass is 9.87. The molecule has 1 amide bonds. The number of carbonyl (C=O) groups is 2. The molecular formula is C27H42N2O8. The Morgan fingerprint density at radius 1 is 0.973 bits per heavy atom. The van der Waals surface area contributed by atoms with Crippen molar-refractivity contribution in [1.82, 2.24) is 4.90 Å². The number of nitro benzene ring substituents is 1. The summed E-state index contributed by atoms with van der Waals surface area (Å²) in [5.74, 6) is 0.306. The molecule has 10 nitrogen and oxygen atoms in total. The van der Waals surface area contributed by atoms with Crippen molar-refractivity contribution in [2.75, 3.05) is 13.1 Å². The lowest BCUT2D eigenvalue weighted by Crippen LogP contribution is -2.46. The van der Waals surface area contributed by atoms with Crippen LogP contribution in [-0.4, -0.2) is 63.5 Å². The smallest absolute Gasteiger partial charge is 0.410 e. The van der Waals surface area contributed by atoms with E-state index in [-0.39, 0.29) is 35.9 Å². The van der Waals surface area contributed by atoms with E-state index in [9.17, 15) is 24.8 Å². The van der Waals surface area contributed by atoms with Crippen molar-refractivity contribution in [2.45, 2.75) is 103 Å². The summed E-state index contributed by atoms with van der Waals surface area (Å²) in [7, 11) is 0. The molecule has 0 spiro atoms. The van der Waals surface area contributed by atoms with Gasteiger partial charge in [0, 0.05) is 18.7 Å². The minimum atomic E-state index is -0.525. The van der Waals surface area contributed by atoms with Gasteiger partial charge in [-0.25, -0.2) is 4.79 Å². The van der Waals surface area contributed by atoms with E-state index in [1.807, 2.05) is 41.5 Å². The third-order valence-electron chi connectivity index (χ3n) is 5.77. The van der Waals surface area contributed by atoms with Gasteiger partial charge < -0.3 is 24.2 Å². The number of hydrogen-bond donors (Lipinski definition) is 1. The number of esters is 1. The van der Waals surface area contributed by atoms with Gasteiger partial charge in [0.05, 0.1) is 23.5 Å². The van der Waals surface area contributed by atoms with Crippen LogP contribution in [0, 0.1) is 16.0 Å². The molecule has 3 unspecified atom stereocenters. The van der Waals surface area contributed by atoms with Gasteiger partial charge >= 0.3 is 12.1 Å². The van der Waals surface area contributed by atoms with Crippen LogP contribution in [0.5, 0.6) is 5.75 Å². The predicted molar refractivity (Wildman–Crippen MR) is 138 cm³/mol. The SMILES string of the molecule is CC(C)(C)OC(=O)C1CCCC(O)C1.CC(C)(C)OC(=O)N1CCCC(Oc2ccc([N+](=O)[O-])cc2)C1. The van der Waals surface area contributed by atoms with Gasteiger partial charge in [0.25, 0.3) is 5.69 Å². The Morgan fingerprint density at radius 2 is 1.59 bits per heavy atom. The molecule has 3 rings (SSSR count). The number of hydrogen-bond acceptors (Lipinski definition) is 8. The Bertz CT molecular complexity index is 904. The van der Waals surface area contributed by atoms with Gasteiger partial charge in [-0.15, -0.1) is 0 Å². The van der Waals surface area contributed by atoms with Gasteiger partial charge in [0.1, 0.15) is 23.1 Å². The van der Waals surface area contributed by atoms with Crippen molar-refractivity contribution < 1.29 is 33.8 Å². The Morgan fingerprint density at radius 3 is 2.14 bits per heavy atom. The summed E-state index contributed by atoms with van der Waals surface area (Å²) in [6.07, 6.45) is 4.02. The zero-order valence-electron chi connectivity index (χ0n) is 22.9. The van der Waals surface area contributed by atoms with Gasteiger partial charge in [-0.1, -0.05) is 6.42 Å². The average molecular weight is 523 g/mol. The molecule has 0 bridgehead atoms. The Kier molecular flexibility index (Phi) is 10.7. The van der Waals surface area contributed by atoms with Crippen LogP contribution < -0.4 is 4.74 Å². The Hall–Kier alpha value is -2.88. The minimum Gasteiger partial charge on any atom is -0.489 e. The molecule has 1 heterocycles. The summed E-state index contributed by atoms with van der Waals surface area (Å²) < 4.78 is 16.5. The predicted octanol–water partition coefficient (Wildman–Crippen LogP) is 5.25. The number of benzene rings is 1. The van der Waals surface area contributed by atoms with E-state index in [1.165, 1.54) is 12.1 Å². The molecule has 1 saturated heterocycles. The molecule has 1 saturated carbocycles. The second-order valence-electron chi connectivity index (χ2n) is 11.6. The second kappa shape index (κ2) is 13.1. The highest BCUT2D eigenvalue weighted by atomic mass is 16.6. The number of non-ortho nitro benzene ring substituents is 1. The van der Waals surface area contributed by atoms with Crippen LogP contribution in [0.25, 0.3) is 0 Å². The number of amides is 1. The molecule has 1 N–H and O–H groups in total. The lowest BCUT2D eigenvalue weighted by molar-refractivity contribution is -0.384. The first kappa shape index (κ1) is 30.3. The van der Waals surface area contributed by atoms with Gasteiger partial charge in [-0.3, -0.25) is 14.9 Å². The topological polar surface area (TPSA) is 128 Å². The molecule has 1 aliphatic heterocycles. The van der Waals surface area contributed by atoms with Crippen LogP contribution in [0.4, 0.5) is 10.5 Å². The molecule has 1 aromatic carbocycles. The molecule has 2 fully saturated rings. The number of carbonyl (C=O) groups excluding carboxylic acids is 2. The first-order chi connectivity index (χ1) is 17.1. The molecule has 0 aromatic heterocycles. The molecule has 1 aliphatic carbocycles. The van der Waals surface area contributed by atoms with Crippen LogP contribution in [0.3, 0.4) is 0 Å². The van der Waals surface area contributed by atoms with Crippen molar-refractivity contribution in [3.8, 4) is 5.75 Å². The summed E-state index contributed by atoms with van der Waals surface area (Å²) in [6.45, 7) is 12.2. The third-order valence-corrected chi connectivity index (χ3v) is 5.77. The highest BCUT2D eigenvalue weighted by Crippen LogP contribution is 2.27. The highest BCUT2D eigenvalue weighted by Gasteiger charge is 2.30. The normalized spacial score (nSPS) is 22.2. The summed E-state index contributed by atoms with van der Waals surface area (Å²) >= 11 is 0. The summed E-state index contributed by atoms with van der Waals surface area (Å²) in [5, 5.41) is 20.1. The first-order valence-electron chi connectivity index (χ1n) is 12.9. The van der Waals surface area contributed by atoms with Crippen LogP contribution >= 0.6 is 0 Å². The van der Waals surface area contributed by atoms with E-state index in [0.29, 0.717) is 25.3 Å². The van der Waals surface area contributed by atoms with E-state index in [0.717, 1.165) is 32.1 Å². The van der Waals surface area contributed by atoms with Crippen LogP contribution in [0.15, 0.2) is 24.3 Å². The van der Waals surface area contributed by atoms with Crippen molar-refractivity contribution in [1.29, 1.82) is 0 Å². The maximum Gasteiger partial charge on any atom is 0.410 e. The fourth-order valence-electron chi connectivity index (χ4n) is 4.13. The van der Waals surface area contributed by atoms with E-state index < -0.39 is 16.1 Å². The van der Waals surface area contributed by atoms with E-state index in [1.54, 1.807) is 17.0 Å². The van der Waals surface area contributed by atoms with E-state index in [2.05, 4.69) is 0 Å². The monoisotopic (exact) mass is 522 g/mol. The van der Waals surface area contributed by atoms with Crippen LogP contribution in [-0.2, 0) is 14.3 Å². The molecule has 1 aromatic rings. The molecule has 0 radical (unpaired) electrons. The minimum absolute atomic E-state index is 0.0244. The number of nitrogens with zero attached hydrogens (tertiary/aromatic N) is 2. The van der Waals surface area contributed by atoms with Gasteiger partial charge in [-0.2, -0.15) is 0 Å². The summed E-state index contributed by atoms with van der Waals surface area (Å²) in [5.41, 5.74) is -0.917. The maximum absolute atomic E-state index is 12.1. The van der Waals surface area contributed by atoms with Crippen molar-refractivity contribution >= 4 is 17.7 Å². The third kappa shape index (κ3) is 11.4. The number of aliphatic hydroxyl groups is 1. The number of nitro groups is 1. The average Bonchev–Trinajstić information content (AvgIpc) is 2.78. The zero-order chi connectivity index (χ0) is 27.8. The molecule has 37 heavy (non-hydrogen) atoms. The summed E-state index contributed by atoms with van der Waals surface area (Å²) in [6, 6.07) is 5.96. The summed E-state index contributed by atoms with van der Waals surface area (Å²) in [4.78, 5) is 35.6. The second-order valence-corrected chi connectivity index (χ2v) is 11.6. The van der Waals surface area contributed by atoms with Gasteiger partial charge in [0.2, 0.25) is 0 Å². The molecule has 10 heteroatoms. The van der Waals surface area contributed by atoms with Gasteiger partial charge in [0.15, 0.2) is 0 Å². The molecule has 208 valence electrons. The van der Waals surface area contributed by atoms with E-state index in [4.69, 9.17) is 14.2 Å². The fourth-order valence-corrected chi connectivity index (χ4v) is 4.13. The van der Waals surface area contributed by atoms with Crippen LogP contribution in [0.1, 0.15) is 80.1 Å².